The van der Waals surface area contributed by atoms with Gasteiger partial charge in [0.05, 0.1) is 0 Å². The SMILES string of the molecule is CC/C=C\c1nncn1N. The number of nitrogen functional groups attached to an aromatic ring is 1. The fourth-order valence-corrected chi connectivity index (χ4v) is 0.594. The first-order valence-corrected chi connectivity index (χ1v) is 3.16. The Kier molecular flexibility index (Phi) is 2.04. The molecule has 4 heteroatoms. The van der Waals surface area contributed by atoms with Crippen LogP contribution in [0.4, 0.5) is 0 Å². The summed E-state index contributed by atoms with van der Waals surface area (Å²) in [5.74, 6) is 6.10. The quantitative estimate of drug-likeness (QED) is 0.602. The summed E-state index contributed by atoms with van der Waals surface area (Å²) in [6.07, 6.45) is 6.27. The minimum Gasteiger partial charge on any atom is -0.336 e. The van der Waals surface area contributed by atoms with Gasteiger partial charge in [0, 0.05) is 0 Å². The van der Waals surface area contributed by atoms with E-state index >= 15 is 0 Å². The second-order valence-corrected chi connectivity index (χ2v) is 1.91. The van der Waals surface area contributed by atoms with Crippen LogP contribution in [0, 0.1) is 0 Å². The molecule has 4 nitrogen and oxygen atoms in total. The molecule has 10 heavy (non-hydrogen) atoms. The van der Waals surface area contributed by atoms with Gasteiger partial charge in [-0.15, -0.1) is 10.2 Å². The van der Waals surface area contributed by atoms with E-state index < -0.39 is 0 Å². The first-order chi connectivity index (χ1) is 4.84. The molecular weight excluding hydrogens is 128 g/mol. The fraction of sp³-hybridized carbons (Fsp3) is 0.333. The van der Waals surface area contributed by atoms with Crippen molar-refractivity contribution in [1.29, 1.82) is 0 Å². The van der Waals surface area contributed by atoms with E-state index in [2.05, 4.69) is 10.2 Å². The predicted molar refractivity (Wildman–Crippen MR) is 39.5 cm³/mol. The Balaban J connectivity index is 2.74. The molecule has 1 aromatic heterocycles. The van der Waals surface area contributed by atoms with Gasteiger partial charge in [0.25, 0.3) is 0 Å². The van der Waals surface area contributed by atoms with Crippen molar-refractivity contribution in [3.05, 3.63) is 18.2 Å². The highest BCUT2D eigenvalue weighted by molar-refractivity contribution is 5.39. The lowest BCUT2D eigenvalue weighted by Gasteiger charge is -1.89. The molecule has 0 aliphatic carbocycles. The molecule has 0 unspecified atom stereocenters. The summed E-state index contributed by atoms with van der Waals surface area (Å²) in [7, 11) is 0. The highest BCUT2D eigenvalue weighted by Gasteiger charge is 1.91. The topological polar surface area (TPSA) is 56.7 Å². The van der Waals surface area contributed by atoms with E-state index in [0.717, 1.165) is 6.42 Å². The number of rotatable bonds is 2. The normalized spacial score (nSPS) is 10.9. The summed E-state index contributed by atoms with van der Waals surface area (Å²) in [6, 6.07) is 0. The van der Waals surface area contributed by atoms with E-state index in [1.165, 1.54) is 11.0 Å². The molecule has 0 bridgehead atoms. The molecule has 1 heterocycles. The van der Waals surface area contributed by atoms with E-state index in [0.29, 0.717) is 5.82 Å². The summed E-state index contributed by atoms with van der Waals surface area (Å²) in [5.41, 5.74) is 0. The van der Waals surface area contributed by atoms with Gasteiger partial charge in [-0.25, -0.2) is 4.68 Å². The number of aromatic nitrogens is 3. The highest BCUT2D eigenvalue weighted by Crippen LogP contribution is 1.93. The van der Waals surface area contributed by atoms with Crippen LogP contribution in [0.1, 0.15) is 19.2 Å². The highest BCUT2D eigenvalue weighted by atomic mass is 15.4. The second-order valence-electron chi connectivity index (χ2n) is 1.91. The summed E-state index contributed by atoms with van der Waals surface area (Å²) in [5, 5.41) is 7.37. The number of hydrogen-bond donors (Lipinski definition) is 1. The smallest absolute Gasteiger partial charge is 0.174 e. The van der Waals surface area contributed by atoms with E-state index in [-0.39, 0.29) is 0 Å². The van der Waals surface area contributed by atoms with Gasteiger partial charge in [-0.1, -0.05) is 13.0 Å². The third-order valence-electron chi connectivity index (χ3n) is 1.10. The van der Waals surface area contributed by atoms with Crippen molar-refractivity contribution < 1.29 is 0 Å². The van der Waals surface area contributed by atoms with Gasteiger partial charge in [0.1, 0.15) is 6.33 Å². The van der Waals surface area contributed by atoms with E-state index in [9.17, 15) is 0 Å². The maximum atomic E-state index is 5.42. The third-order valence-corrected chi connectivity index (χ3v) is 1.10. The monoisotopic (exact) mass is 138 g/mol. The van der Waals surface area contributed by atoms with Crippen LogP contribution >= 0.6 is 0 Å². The lowest BCUT2D eigenvalue weighted by molar-refractivity contribution is 0.977. The van der Waals surface area contributed by atoms with Crippen molar-refractivity contribution in [3.63, 3.8) is 0 Å². The maximum Gasteiger partial charge on any atom is 0.174 e. The standard InChI is InChI=1S/C6H10N4/c1-2-3-4-6-9-8-5-10(6)7/h3-5H,2,7H2,1H3/b4-3-. The molecule has 0 aromatic carbocycles. The molecule has 0 aliphatic rings. The average Bonchev–Trinajstić information content (AvgIpc) is 2.31. The summed E-state index contributed by atoms with van der Waals surface area (Å²) < 4.78 is 1.38. The van der Waals surface area contributed by atoms with Gasteiger partial charge in [-0.3, -0.25) is 0 Å². The van der Waals surface area contributed by atoms with Crippen LogP contribution in [-0.4, -0.2) is 14.9 Å². The number of nitrogens with two attached hydrogens (primary N) is 1. The zero-order chi connectivity index (χ0) is 7.40. The molecule has 54 valence electrons. The van der Waals surface area contributed by atoms with E-state index in [1.54, 1.807) is 0 Å². The molecule has 2 N–H and O–H groups in total. The van der Waals surface area contributed by atoms with Crippen LogP contribution in [0.5, 0.6) is 0 Å². The molecule has 0 spiro atoms. The lowest BCUT2D eigenvalue weighted by atomic mass is 10.4. The van der Waals surface area contributed by atoms with Gasteiger partial charge in [-0.05, 0) is 12.5 Å². The Morgan fingerprint density at radius 2 is 2.60 bits per heavy atom. The van der Waals surface area contributed by atoms with E-state index in [4.69, 9.17) is 5.84 Å². The van der Waals surface area contributed by atoms with Crippen LogP contribution in [0.2, 0.25) is 0 Å². The van der Waals surface area contributed by atoms with Gasteiger partial charge in [0.15, 0.2) is 5.82 Å². The van der Waals surface area contributed by atoms with Crippen LogP contribution in [-0.2, 0) is 0 Å². The zero-order valence-corrected chi connectivity index (χ0v) is 5.86. The molecular formula is C6H10N4. The molecule has 0 amide bonds. The minimum absolute atomic E-state index is 0.682. The van der Waals surface area contributed by atoms with Gasteiger partial charge in [0.2, 0.25) is 0 Å². The Labute approximate surface area is 59.3 Å². The maximum absolute atomic E-state index is 5.42. The van der Waals surface area contributed by atoms with Crippen LogP contribution < -0.4 is 5.84 Å². The average molecular weight is 138 g/mol. The molecule has 0 fully saturated rings. The second kappa shape index (κ2) is 3.00. The lowest BCUT2D eigenvalue weighted by Crippen LogP contribution is -2.08. The molecule has 0 saturated carbocycles. The Morgan fingerprint density at radius 1 is 1.80 bits per heavy atom. The van der Waals surface area contributed by atoms with Crippen molar-refractivity contribution in [1.82, 2.24) is 14.9 Å². The van der Waals surface area contributed by atoms with E-state index in [1.807, 2.05) is 19.1 Å². The number of allylic oxidation sites excluding steroid dienone is 1. The first-order valence-electron chi connectivity index (χ1n) is 3.16. The summed E-state index contributed by atoms with van der Waals surface area (Å²) >= 11 is 0. The molecule has 0 aliphatic heterocycles. The van der Waals surface area contributed by atoms with Gasteiger partial charge in [-0.2, -0.15) is 0 Å². The Bertz CT molecular complexity index is 225. The largest absolute Gasteiger partial charge is 0.336 e. The van der Waals surface area contributed by atoms with Crippen LogP contribution in [0.25, 0.3) is 6.08 Å². The van der Waals surface area contributed by atoms with Gasteiger partial charge < -0.3 is 5.84 Å². The molecule has 1 aromatic rings. The summed E-state index contributed by atoms with van der Waals surface area (Å²) in [6.45, 7) is 2.05. The third kappa shape index (κ3) is 1.34. The molecule has 1 rings (SSSR count). The Morgan fingerprint density at radius 3 is 3.10 bits per heavy atom. The number of hydrogen-bond acceptors (Lipinski definition) is 3. The van der Waals surface area contributed by atoms with Crippen LogP contribution in [0.3, 0.4) is 0 Å². The zero-order valence-electron chi connectivity index (χ0n) is 5.86. The molecule has 0 radical (unpaired) electrons. The van der Waals surface area contributed by atoms with Crippen LogP contribution in [0.15, 0.2) is 12.4 Å². The van der Waals surface area contributed by atoms with Crippen molar-refractivity contribution in [2.45, 2.75) is 13.3 Å². The van der Waals surface area contributed by atoms with Gasteiger partial charge >= 0.3 is 0 Å². The molecule has 0 saturated heterocycles. The van der Waals surface area contributed by atoms with Crippen molar-refractivity contribution in [3.8, 4) is 0 Å². The van der Waals surface area contributed by atoms with Crippen molar-refractivity contribution in [2.75, 3.05) is 5.84 Å². The Hall–Kier alpha value is -1.32. The molecule has 0 atom stereocenters. The van der Waals surface area contributed by atoms with Crippen molar-refractivity contribution >= 4 is 6.08 Å². The predicted octanol–water partition coefficient (Wildman–Crippen LogP) is 0.415. The van der Waals surface area contributed by atoms with Crippen molar-refractivity contribution in [2.24, 2.45) is 0 Å². The first kappa shape index (κ1) is 6.80. The summed E-state index contributed by atoms with van der Waals surface area (Å²) in [4.78, 5) is 0. The minimum atomic E-state index is 0.682. The fourth-order valence-electron chi connectivity index (χ4n) is 0.594. The number of nitrogens with zero attached hydrogens (tertiary/aromatic N) is 3.